The smallest absolute Gasteiger partial charge is 0.244 e. The van der Waals surface area contributed by atoms with Crippen molar-refractivity contribution >= 4 is 17.3 Å². The van der Waals surface area contributed by atoms with Gasteiger partial charge < -0.3 is 4.90 Å². The predicted molar refractivity (Wildman–Crippen MR) is 129 cm³/mol. The molecule has 0 radical (unpaired) electrons. The minimum absolute atomic E-state index is 0.0350. The molecule has 178 valence electrons. The van der Waals surface area contributed by atoms with Crippen molar-refractivity contribution in [3.05, 3.63) is 77.0 Å². The van der Waals surface area contributed by atoms with Gasteiger partial charge in [0.15, 0.2) is 5.69 Å². The standard InChI is InChI=1S/C25H28ClF2N6/c1-16-9-17(10-21(23(16)27)31(4)5)22-13-33(15-32(22)6)14-25(2,3)19-11-18(12-20(26)24(19)28)34-8-7-29-30-34/h7-13,15H,14H2,1-6H3/q+1. The van der Waals surface area contributed by atoms with Crippen LogP contribution in [0, 0.1) is 18.6 Å². The third kappa shape index (κ3) is 4.42. The summed E-state index contributed by atoms with van der Waals surface area (Å²) >= 11 is 6.24. The van der Waals surface area contributed by atoms with Gasteiger partial charge in [0.05, 0.1) is 42.4 Å². The molecule has 0 unspecified atom stereocenters. The summed E-state index contributed by atoms with van der Waals surface area (Å²) in [6.45, 7) is 6.20. The fourth-order valence-corrected chi connectivity index (χ4v) is 4.46. The van der Waals surface area contributed by atoms with Gasteiger partial charge in [-0.2, -0.15) is 0 Å². The SMILES string of the molecule is Cc1cc(-c2c[n+](CC(C)(C)c3cc(-n4ccnn4)cc(Cl)c3F)cn2C)cc(N(C)C)c1F. The molecule has 0 saturated carbocycles. The molecular formula is C25H28ClF2N6+. The quantitative estimate of drug-likeness (QED) is 0.367. The highest BCUT2D eigenvalue weighted by atomic mass is 35.5. The molecule has 0 atom stereocenters. The third-order valence-electron chi connectivity index (χ3n) is 6.01. The summed E-state index contributed by atoms with van der Waals surface area (Å²) in [5.74, 6) is -0.673. The Morgan fingerprint density at radius 1 is 1.12 bits per heavy atom. The lowest BCUT2D eigenvalue weighted by Gasteiger charge is -2.24. The molecule has 0 saturated heterocycles. The minimum Gasteiger partial charge on any atom is -0.375 e. The van der Waals surface area contributed by atoms with Crippen molar-refractivity contribution < 1.29 is 13.3 Å². The van der Waals surface area contributed by atoms with Crippen molar-refractivity contribution in [3.8, 4) is 16.9 Å². The van der Waals surface area contributed by atoms with E-state index in [2.05, 4.69) is 10.3 Å². The van der Waals surface area contributed by atoms with Crippen molar-refractivity contribution in [3.63, 3.8) is 0 Å². The largest absolute Gasteiger partial charge is 0.375 e. The molecule has 0 amide bonds. The Labute approximate surface area is 203 Å². The van der Waals surface area contributed by atoms with Gasteiger partial charge >= 0.3 is 0 Å². The molecule has 0 bridgehead atoms. The van der Waals surface area contributed by atoms with Crippen LogP contribution in [-0.2, 0) is 19.0 Å². The van der Waals surface area contributed by atoms with Crippen LogP contribution < -0.4 is 9.47 Å². The van der Waals surface area contributed by atoms with Gasteiger partial charge in [-0.25, -0.2) is 22.6 Å². The minimum atomic E-state index is -0.596. The highest BCUT2D eigenvalue weighted by molar-refractivity contribution is 6.31. The Hall–Kier alpha value is -3.26. The van der Waals surface area contributed by atoms with Gasteiger partial charge in [0, 0.05) is 30.6 Å². The van der Waals surface area contributed by atoms with Gasteiger partial charge in [0.25, 0.3) is 0 Å². The zero-order valence-corrected chi connectivity index (χ0v) is 20.9. The summed E-state index contributed by atoms with van der Waals surface area (Å²) in [5, 5.41) is 7.85. The second-order valence-electron chi connectivity index (χ2n) is 9.45. The van der Waals surface area contributed by atoms with Gasteiger partial charge in [-0.3, -0.25) is 0 Å². The second kappa shape index (κ2) is 8.83. The van der Waals surface area contributed by atoms with Crippen molar-refractivity contribution in [1.29, 1.82) is 0 Å². The number of rotatable bonds is 6. The highest BCUT2D eigenvalue weighted by Crippen LogP contribution is 2.33. The van der Waals surface area contributed by atoms with Crippen LogP contribution in [0.2, 0.25) is 5.02 Å². The van der Waals surface area contributed by atoms with Gasteiger partial charge in [-0.15, -0.1) is 5.10 Å². The summed E-state index contributed by atoms with van der Waals surface area (Å²) < 4.78 is 35.3. The Morgan fingerprint density at radius 2 is 1.85 bits per heavy atom. The Kier molecular flexibility index (Phi) is 6.20. The van der Waals surface area contributed by atoms with Crippen molar-refractivity contribution in [2.45, 2.75) is 32.7 Å². The van der Waals surface area contributed by atoms with Crippen LogP contribution in [-0.4, -0.2) is 33.7 Å². The average molecular weight is 486 g/mol. The van der Waals surface area contributed by atoms with E-state index < -0.39 is 11.2 Å². The van der Waals surface area contributed by atoms with E-state index in [1.165, 1.54) is 6.07 Å². The van der Waals surface area contributed by atoms with E-state index in [0.717, 1.165) is 11.3 Å². The Morgan fingerprint density at radius 3 is 2.50 bits per heavy atom. The number of halogens is 3. The first-order chi connectivity index (χ1) is 16.0. The van der Waals surface area contributed by atoms with Gasteiger partial charge in [-0.05, 0) is 36.8 Å². The fourth-order valence-electron chi connectivity index (χ4n) is 4.24. The Bertz CT molecular complexity index is 1340. The van der Waals surface area contributed by atoms with Crippen molar-refractivity contribution in [2.24, 2.45) is 7.05 Å². The highest BCUT2D eigenvalue weighted by Gasteiger charge is 2.30. The van der Waals surface area contributed by atoms with E-state index in [4.69, 9.17) is 11.6 Å². The van der Waals surface area contributed by atoms with Crippen LogP contribution in [0.1, 0.15) is 25.0 Å². The van der Waals surface area contributed by atoms with Gasteiger partial charge in [0.2, 0.25) is 6.33 Å². The number of hydrogen-bond donors (Lipinski definition) is 0. The van der Waals surface area contributed by atoms with E-state index in [-0.39, 0.29) is 10.8 Å². The maximum absolute atomic E-state index is 15.1. The first-order valence-corrected chi connectivity index (χ1v) is 11.2. The van der Waals surface area contributed by atoms with Crippen LogP contribution in [0.3, 0.4) is 0 Å². The molecule has 9 heteroatoms. The molecule has 0 N–H and O–H groups in total. The number of anilines is 1. The zero-order chi connectivity index (χ0) is 24.8. The molecule has 2 heterocycles. The second-order valence-corrected chi connectivity index (χ2v) is 9.86. The van der Waals surface area contributed by atoms with E-state index in [9.17, 15) is 4.39 Å². The zero-order valence-electron chi connectivity index (χ0n) is 20.1. The summed E-state index contributed by atoms with van der Waals surface area (Å²) in [4.78, 5) is 1.76. The van der Waals surface area contributed by atoms with Gasteiger partial charge in [-0.1, -0.05) is 30.7 Å². The fraction of sp³-hybridized carbons (Fsp3) is 0.320. The molecule has 34 heavy (non-hydrogen) atoms. The van der Waals surface area contributed by atoms with Crippen molar-refractivity contribution in [2.75, 3.05) is 19.0 Å². The molecule has 0 aliphatic carbocycles. The number of nitrogens with zero attached hydrogens (tertiary/aromatic N) is 6. The molecule has 0 aliphatic heterocycles. The summed E-state index contributed by atoms with van der Waals surface area (Å²) in [5.41, 5.74) is 3.47. The molecule has 2 aromatic carbocycles. The molecule has 6 nitrogen and oxygen atoms in total. The lowest BCUT2D eigenvalue weighted by molar-refractivity contribution is -0.703. The van der Waals surface area contributed by atoms with Crippen LogP contribution >= 0.6 is 11.6 Å². The topological polar surface area (TPSA) is 42.8 Å². The van der Waals surface area contributed by atoms with Gasteiger partial charge in [0.1, 0.15) is 17.8 Å². The monoisotopic (exact) mass is 485 g/mol. The van der Waals surface area contributed by atoms with E-state index in [1.807, 2.05) is 68.8 Å². The summed E-state index contributed by atoms with van der Waals surface area (Å²) in [6, 6.07) is 6.98. The molecule has 4 rings (SSSR count). The first kappa shape index (κ1) is 23.9. The van der Waals surface area contributed by atoms with Crippen LogP contribution in [0.4, 0.5) is 14.5 Å². The Balaban J connectivity index is 1.71. The van der Waals surface area contributed by atoms with Crippen LogP contribution in [0.25, 0.3) is 16.9 Å². The van der Waals surface area contributed by atoms with E-state index >= 15 is 4.39 Å². The molecule has 4 aromatic rings. The summed E-state index contributed by atoms with van der Waals surface area (Å²) in [6.07, 6.45) is 7.19. The average Bonchev–Trinajstić information content (AvgIpc) is 3.41. The van der Waals surface area contributed by atoms with Crippen LogP contribution in [0.15, 0.2) is 49.2 Å². The number of benzene rings is 2. The maximum atomic E-state index is 15.1. The number of aryl methyl sites for hydroxylation is 2. The predicted octanol–water partition coefficient (Wildman–Crippen LogP) is 4.84. The lowest BCUT2D eigenvalue weighted by atomic mass is 9.83. The van der Waals surface area contributed by atoms with E-state index in [0.29, 0.717) is 29.0 Å². The van der Waals surface area contributed by atoms with Crippen molar-refractivity contribution in [1.82, 2.24) is 19.6 Å². The number of hydrogen-bond acceptors (Lipinski definition) is 3. The summed E-state index contributed by atoms with van der Waals surface area (Å²) in [7, 11) is 5.58. The van der Waals surface area contributed by atoms with Crippen LogP contribution in [0.5, 0.6) is 0 Å². The number of aromatic nitrogens is 5. The molecule has 0 aliphatic rings. The molecule has 2 aromatic heterocycles. The molecule has 0 fully saturated rings. The first-order valence-electron chi connectivity index (χ1n) is 10.9. The van der Waals surface area contributed by atoms with E-state index in [1.54, 1.807) is 35.0 Å². The molecule has 0 spiro atoms. The normalized spacial score (nSPS) is 11.8. The molecular weight excluding hydrogens is 458 g/mol. The number of imidazole rings is 1. The maximum Gasteiger partial charge on any atom is 0.244 e. The third-order valence-corrected chi connectivity index (χ3v) is 6.28. The lowest BCUT2D eigenvalue weighted by Crippen LogP contribution is -2.42.